The smallest absolute Gasteiger partial charge is 0.319 e. The number of benzene rings is 2. The van der Waals surface area contributed by atoms with Gasteiger partial charge in [-0.3, -0.25) is 0 Å². The Bertz CT molecular complexity index is 855. The van der Waals surface area contributed by atoms with Gasteiger partial charge in [0.05, 0.1) is 11.4 Å². The first-order valence-electron chi connectivity index (χ1n) is 8.02. The van der Waals surface area contributed by atoms with Gasteiger partial charge in [-0.05, 0) is 43.7 Å². The molecule has 5 heteroatoms. The van der Waals surface area contributed by atoms with Crippen LogP contribution in [0.25, 0.3) is 22.2 Å². The number of anilines is 1. The SMILES string of the molecule is CCC(C)NC(=O)Nc1c(-c2ccc(F)cc2)[nH]c2ccccc12. The maximum absolute atomic E-state index is 13.2. The second-order valence-corrected chi connectivity index (χ2v) is 5.84. The zero-order valence-corrected chi connectivity index (χ0v) is 13.7. The quantitative estimate of drug-likeness (QED) is 0.628. The lowest BCUT2D eigenvalue weighted by Crippen LogP contribution is -2.35. The molecule has 24 heavy (non-hydrogen) atoms. The van der Waals surface area contributed by atoms with Crippen LogP contribution in [0.3, 0.4) is 0 Å². The van der Waals surface area contributed by atoms with Crippen molar-refractivity contribution in [2.24, 2.45) is 0 Å². The standard InChI is InChI=1S/C19H20FN3O/c1-3-12(2)21-19(24)23-18-15-6-4-5-7-16(15)22-17(18)13-8-10-14(20)11-9-13/h4-12,22H,3H2,1-2H3,(H2,21,23,24). The Balaban J connectivity index is 2.02. The minimum atomic E-state index is -0.293. The predicted octanol–water partition coefficient (Wildman–Crippen LogP) is 4.89. The lowest BCUT2D eigenvalue weighted by atomic mass is 10.1. The summed E-state index contributed by atoms with van der Waals surface area (Å²) in [4.78, 5) is 15.6. The number of hydrogen-bond acceptors (Lipinski definition) is 1. The lowest BCUT2D eigenvalue weighted by molar-refractivity contribution is 0.249. The predicted molar refractivity (Wildman–Crippen MR) is 95.6 cm³/mol. The summed E-state index contributed by atoms with van der Waals surface area (Å²) >= 11 is 0. The topological polar surface area (TPSA) is 56.9 Å². The number of halogens is 1. The summed E-state index contributed by atoms with van der Waals surface area (Å²) in [5, 5.41) is 6.75. The van der Waals surface area contributed by atoms with Gasteiger partial charge in [-0.2, -0.15) is 0 Å². The second kappa shape index (κ2) is 6.74. The van der Waals surface area contributed by atoms with Crippen LogP contribution in [-0.4, -0.2) is 17.1 Å². The van der Waals surface area contributed by atoms with Gasteiger partial charge in [0.25, 0.3) is 0 Å². The summed E-state index contributed by atoms with van der Waals surface area (Å²) in [5.41, 5.74) is 3.18. The highest BCUT2D eigenvalue weighted by Gasteiger charge is 2.16. The fraction of sp³-hybridized carbons (Fsp3) is 0.211. The van der Waals surface area contributed by atoms with Crippen molar-refractivity contribution >= 4 is 22.6 Å². The van der Waals surface area contributed by atoms with Crippen molar-refractivity contribution in [1.29, 1.82) is 0 Å². The molecular weight excluding hydrogens is 305 g/mol. The van der Waals surface area contributed by atoms with E-state index in [2.05, 4.69) is 15.6 Å². The first-order valence-corrected chi connectivity index (χ1v) is 8.02. The van der Waals surface area contributed by atoms with E-state index in [1.54, 1.807) is 12.1 Å². The van der Waals surface area contributed by atoms with Crippen LogP contribution in [0.2, 0.25) is 0 Å². The molecule has 2 aromatic carbocycles. The first-order chi connectivity index (χ1) is 11.6. The van der Waals surface area contributed by atoms with Gasteiger partial charge in [0.15, 0.2) is 0 Å². The summed E-state index contributed by atoms with van der Waals surface area (Å²) in [6.45, 7) is 3.97. The number of hydrogen-bond donors (Lipinski definition) is 3. The molecule has 4 nitrogen and oxygen atoms in total. The summed E-state index contributed by atoms with van der Waals surface area (Å²) in [5.74, 6) is -0.293. The van der Waals surface area contributed by atoms with Gasteiger partial charge in [0.1, 0.15) is 5.82 Å². The van der Waals surface area contributed by atoms with Crippen LogP contribution in [0.15, 0.2) is 48.5 Å². The van der Waals surface area contributed by atoms with E-state index in [4.69, 9.17) is 0 Å². The van der Waals surface area contributed by atoms with Crippen molar-refractivity contribution in [3.63, 3.8) is 0 Å². The van der Waals surface area contributed by atoms with E-state index in [1.165, 1.54) is 12.1 Å². The van der Waals surface area contributed by atoms with Gasteiger partial charge >= 0.3 is 6.03 Å². The number of carbonyl (C=O) groups excluding carboxylic acids is 1. The van der Waals surface area contributed by atoms with Gasteiger partial charge in [0, 0.05) is 22.5 Å². The molecule has 2 amide bonds. The fourth-order valence-corrected chi connectivity index (χ4v) is 2.58. The molecule has 0 spiro atoms. The van der Waals surface area contributed by atoms with Crippen molar-refractivity contribution in [3.8, 4) is 11.3 Å². The molecule has 3 rings (SSSR count). The van der Waals surface area contributed by atoms with Crippen LogP contribution in [-0.2, 0) is 0 Å². The molecule has 1 heterocycles. The van der Waals surface area contributed by atoms with E-state index in [-0.39, 0.29) is 17.9 Å². The zero-order chi connectivity index (χ0) is 17.1. The number of rotatable bonds is 4. The minimum absolute atomic E-state index is 0.0875. The molecule has 0 aliphatic heterocycles. The number of carbonyl (C=O) groups is 1. The van der Waals surface area contributed by atoms with Gasteiger partial charge in [-0.25, -0.2) is 9.18 Å². The highest BCUT2D eigenvalue weighted by atomic mass is 19.1. The molecule has 1 aromatic heterocycles. The van der Waals surface area contributed by atoms with Crippen LogP contribution in [0, 0.1) is 5.82 Å². The second-order valence-electron chi connectivity index (χ2n) is 5.84. The van der Waals surface area contributed by atoms with E-state index < -0.39 is 0 Å². The highest BCUT2D eigenvalue weighted by molar-refractivity contribution is 6.07. The summed E-state index contributed by atoms with van der Waals surface area (Å²) in [6, 6.07) is 13.8. The monoisotopic (exact) mass is 325 g/mol. The van der Waals surface area contributed by atoms with E-state index in [9.17, 15) is 9.18 Å². The molecular formula is C19H20FN3O. The van der Waals surface area contributed by atoms with Gasteiger partial charge in [-0.1, -0.05) is 25.1 Å². The molecule has 0 bridgehead atoms. The minimum Gasteiger partial charge on any atom is -0.353 e. The van der Waals surface area contributed by atoms with E-state index in [1.807, 2.05) is 38.1 Å². The van der Waals surface area contributed by atoms with E-state index >= 15 is 0 Å². The molecule has 0 aliphatic carbocycles. The largest absolute Gasteiger partial charge is 0.353 e. The number of urea groups is 1. The van der Waals surface area contributed by atoms with Crippen molar-refractivity contribution in [3.05, 3.63) is 54.3 Å². The number of aromatic nitrogens is 1. The lowest BCUT2D eigenvalue weighted by Gasteiger charge is -2.13. The Labute approximate surface area is 140 Å². The third-order valence-corrected chi connectivity index (χ3v) is 4.07. The van der Waals surface area contributed by atoms with Gasteiger partial charge in [-0.15, -0.1) is 0 Å². The average molecular weight is 325 g/mol. The number of para-hydroxylation sites is 1. The van der Waals surface area contributed by atoms with E-state index in [0.717, 1.165) is 28.6 Å². The third-order valence-electron chi connectivity index (χ3n) is 4.07. The maximum Gasteiger partial charge on any atom is 0.319 e. The molecule has 0 saturated heterocycles. The Hall–Kier alpha value is -2.82. The molecule has 124 valence electrons. The molecule has 1 atom stereocenters. The average Bonchev–Trinajstić information content (AvgIpc) is 2.94. The summed E-state index contributed by atoms with van der Waals surface area (Å²) < 4.78 is 13.2. The van der Waals surface area contributed by atoms with Crippen LogP contribution < -0.4 is 10.6 Å². The van der Waals surface area contributed by atoms with Crippen LogP contribution in [0.1, 0.15) is 20.3 Å². The highest BCUT2D eigenvalue weighted by Crippen LogP contribution is 2.34. The van der Waals surface area contributed by atoms with Gasteiger partial charge < -0.3 is 15.6 Å². The van der Waals surface area contributed by atoms with Gasteiger partial charge in [0.2, 0.25) is 0 Å². The molecule has 0 aliphatic rings. The molecule has 0 radical (unpaired) electrons. The van der Waals surface area contributed by atoms with Crippen molar-refractivity contribution < 1.29 is 9.18 Å². The number of nitrogens with one attached hydrogen (secondary N) is 3. The Morgan fingerprint density at radius 3 is 2.58 bits per heavy atom. The number of fused-ring (bicyclic) bond motifs is 1. The van der Waals surface area contributed by atoms with Crippen LogP contribution >= 0.6 is 0 Å². The zero-order valence-electron chi connectivity index (χ0n) is 13.7. The Kier molecular flexibility index (Phi) is 4.51. The Morgan fingerprint density at radius 2 is 1.88 bits per heavy atom. The van der Waals surface area contributed by atoms with Crippen molar-refractivity contribution in [2.75, 3.05) is 5.32 Å². The summed E-state index contributed by atoms with van der Waals surface area (Å²) in [6.07, 6.45) is 0.853. The van der Waals surface area contributed by atoms with Crippen LogP contribution in [0.5, 0.6) is 0 Å². The summed E-state index contributed by atoms with van der Waals surface area (Å²) in [7, 11) is 0. The third kappa shape index (κ3) is 3.25. The van der Waals surface area contributed by atoms with Crippen molar-refractivity contribution in [1.82, 2.24) is 10.3 Å². The number of amides is 2. The Morgan fingerprint density at radius 1 is 1.17 bits per heavy atom. The number of aromatic amines is 1. The molecule has 3 aromatic rings. The first kappa shape index (κ1) is 16.1. The number of H-pyrrole nitrogens is 1. The fourth-order valence-electron chi connectivity index (χ4n) is 2.58. The molecule has 3 N–H and O–H groups in total. The normalized spacial score (nSPS) is 12.1. The molecule has 0 fully saturated rings. The van der Waals surface area contributed by atoms with E-state index in [0.29, 0.717) is 5.69 Å². The molecule has 1 unspecified atom stereocenters. The maximum atomic E-state index is 13.2. The van der Waals surface area contributed by atoms with Crippen LogP contribution in [0.4, 0.5) is 14.9 Å². The van der Waals surface area contributed by atoms with Crippen molar-refractivity contribution in [2.45, 2.75) is 26.3 Å². The molecule has 0 saturated carbocycles.